The summed E-state index contributed by atoms with van der Waals surface area (Å²) in [5, 5.41) is 9.49. The number of hydrogen-bond acceptors (Lipinski definition) is 4. The number of aromatic hydroxyl groups is 1. The molecule has 5 nitrogen and oxygen atoms in total. The molecule has 0 saturated heterocycles. The molecule has 0 spiro atoms. The third-order valence-corrected chi connectivity index (χ3v) is 1.72. The predicted molar refractivity (Wildman–Crippen MR) is 53.2 cm³/mol. The highest BCUT2D eigenvalue weighted by atomic mass is 16.6. The van der Waals surface area contributed by atoms with Gasteiger partial charge < -0.3 is 14.7 Å². The van der Waals surface area contributed by atoms with Crippen molar-refractivity contribution >= 4 is 12.4 Å². The maximum absolute atomic E-state index is 11.2. The van der Waals surface area contributed by atoms with E-state index in [1.54, 1.807) is 0 Å². The minimum Gasteiger partial charge on any atom is -0.504 e. The molecule has 15 heavy (non-hydrogen) atoms. The van der Waals surface area contributed by atoms with E-state index in [0.29, 0.717) is 6.29 Å². The van der Waals surface area contributed by atoms with Gasteiger partial charge in [-0.25, -0.2) is 4.79 Å². The molecule has 1 aromatic carbocycles. The summed E-state index contributed by atoms with van der Waals surface area (Å²) in [5.74, 6) is -0.360. The lowest BCUT2D eigenvalue weighted by Gasteiger charge is -2.11. The lowest BCUT2D eigenvalue weighted by atomic mass is 10.2. The number of benzene rings is 1. The van der Waals surface area contributed by atoms with Crippen LogP contribution >= 0.6 is 0 Å². The second kappa shape index (κ2) is 4.45. The first kappa shape index (κ1) is 11.0. The van der Waals surface area contributed by atoms with Crippen molar-refractivity contribution in [2.45, 2.75) is 0 Å². The highest BCUT2D eigenvalue weighted by molar-refractivity contribution is 5.82. The first-order chi connectivity index (χ1) is 7.06. The molecule has 0 saturated carbocycles. The van der Waals surface area contributed by atoms with Crippen molar-refractivity contribution in [2.24, 2.45) is 0 Å². The van der Waals surface area contributed by atoms with Gasteiger partial charge in [-0.3, -0.25) is 4.79 Å². The summed E-state index contributed by atoms with van der Waals surface area (Å²) in [5.41, 5.74) is 0.0825. The Morgan fingerprint density at radius 2 is 2.13 bits per heavy atom. The van der Waals surface area contributed by atoms with Crippen LogP contribution in [0.15, 0.2) is 18.2 Å². The monoisotopic (exact) mass is 209 g/mol. The van der Waals surface area contributed by atoms with Gasteiger partial charge in [0, 0.05) is 14.1 Å². The average molecular weight is 209 g/mol. The SMILES string of the molecule is CN(C)C(=O)Oc1cccc(C=O)c1O. The third-order valence-electron chi connectivity index (χ3n) is 1.72. The fourth-order valence-electron chi connectivity index (χ4n) is 0.902. The summed E-state index contributed by atoms with van der Waals surface area (Å²) >= 11 is 0. The number of phenols is 1. The van der Waals surface area contributed by atoms with E-state index < -0.39 is 6.09 Å². The molecule has 5 heteroatoms. The fourth-order valence-corrected chi connectivity index (χ4v) is 0.902. The number of amides is 1. The summed E-state index contributed by atoms with van der Waals surface area (Å²) < 4.78 is 4.83. The van der Waals surface area contributed by atoms with Crippen LogP contribution in [0.25, 0.3) is 0 Å². The first-order valence-electron chi connectivity index (χ1n) is 4.22. The Labute approximate surface area is 86.9 Å². The summed E-state index contributed by atoms with van der Waals surface area (Å²) in [4.78, 5) is 22.9. The van der Waals surface area contributed by atoms with Crippen molar-refractivity contribution in [3.8, 4) is 11.5 Å². The van der Waals surface area contributed by atoms with Gasteiger partial charge in [0.1, 0.15) is 0 Å². The molecule has 1 aromatic rings. The van der Waals surface area contributed by atoms with Crippen LogP contribution in [0.4, 0.5) is 4.79 Å². The number of hydrogen-bond donors (Lipinski definition) is 1. The van der Waals surface area contributed by atoms with Crippen molar-refractivity contribution in [1.29, 1.82) is 0 Å². The number of nitrogens with zero attached hydrogens (tertiary/aromatic N) is 1. The molecule has 0 fully saturated rings. The Bertz CT molecular complexity index is 387. The zero-order valence-corrected chi connectivity index (χ0v) is 8.43. The molecular formula is C10H11NO4. The van der Waals surface area contributed by atoms with Crippen LogP contribution in [0, 0.1) is 0 Å². The van der Waals surface area contributed by atoms with Gasteiger partial charge in [0.25, 0.3) is 0 Å². The summed E-state index contributed by atoms with van der Waals surface area (Å²) in [7, 11) is 3.03. The second-order valence-electron chi connectivity index (χ2n) is 3.07. The maximum atomic E-state index is 11.2. The molecule has 0 heterocycles. The topological polar surface area (TPSA) is 66.8 Å². The minimum absolute atomic E-state index is 0.0294. The molecule has 0 unspecified atom stereocenters. The lowest BCUT2D eigenvalue weighted by Crippen LogP contribution is -2.25. The Balaban J connectivity index is 2.95. The largest absolute Gasteiger partial charge is 0.504 e. The van der Waals surface area contributed by atoms with Crippen LogP contribution in [-0.4, -0.2) is 36.5 Å². The van der Waals surface area contributed by atoms with Gasteiger partial charge in [-0.1, -0.05) is 6.07 Å². The van der Waals surface area contributed by atoms with Gasteiger partial charge in [0.15, 0.2) is 17.8 Å². The van der Waals surface area contributed by atoms with E-state index in [2.05, 4.69) is 0 Å². The van der Waals surface area contributed by atoms with Crippen LogP contribution in [0.1, 0.15) is 10.4 Å². The number of phenolic OH excluding ortho intramolecular Hbond substituents is 1. The molecule has 0 radical (unpaired) electrons. The fraction of sp³-hybridized carbons (Fsp3) is 0.200. The molecule has 1 rings (SSSR count). The number of aldehydes is 1. The quantitative estimate of drug-likeness (QED) is 0.745. The van der Waals surface area contributed by atoms with E-state index in [1.165, 1.54) is 37.2 Å². The van der Waals surface area contributed by atoms with E-state index >= 15 is 0 Å². The lowest BCUT2D eigenvalue weighted by molar-refractivity contribution is 0.111. The van der Waals surface area contributed by atoms with Crippen LogP contribution < -0.4 is 4.74 Å². The van der Waals surface area contributed by atoms with Gasteiger partial charge >= 0.3 is 6.09 Å². The first-order valence-corrected chi connectivity index (χ1v) is 4.22. The van der Waals surface area contributed by atoms with E-state index in [0.717, 1.165) is 0 Å². The number of rotatable bonds is 2. The Morgan fingerprint density at radius 1 is 1.47 bits per heavy atom. The number of carbonyl (C=O) groups excluding carboxylic acids is 2. The van der Waals surface area contributed by atoms with E-state index in [1.807, 2.05) is 0 Å². The molecule has 0 aliphatic rings. The van der Waals surface area contributed by atoms with Gasteiger partial charge in [-0.15, -0.1) is 0 Å². The molecular weight excluding hydrogens is 198 g/mol. The Kier molecular flexibility index (Phi) is 3.28. The number of para-hydroxylation sites is 1. The molecule has 0 atom stereocenters. The van der Waals surface area contributed by atoms with Crippen LogP contribution in [0.5, 0.6) is 11.5 Å². The van der Waals surface area contributed by atoms with Gasteiger partial charge in [0.2, 0.25) is 0 Å². The third kappa shape index (κ3) is 2.46. The normalized spacial score (nSPS) is 9.47. The van der Waals surface area contributed by atoms with Gasteiger partial charge in [-0.05, 0) is 12.1 Å². The number of carbonyl (C=O) groups is 2. The molecule has 0 bridgehead atoms. The van der Waals surface area contributed by atoms with Crippen molar-refractivity contribution < 1.29 is 19.4 Å². The molecule has 0 aliphatic carbocycles. The smallest absolute Gasteiger partial charge is 0.414 e. The van der Waals surface area contributed by atoms with Crippen LogP contribution in [-0.2, 0) is 0 Å². The summed E-state index contributed by atoms with van der Waals surface area (Å²) in [6.45, 7) is 0. The zero-order chi connectivity index (χ0) is 11.4. The van der Waals surface area contributed by atoms with Gasteiger partial charge in [0.05, 0.1) is 5.56 Å². The van der Waals surface area contributed by atoms with Crippen molar-refractivity contribution in [1.82, 2.24) is 4.90 Å². The van der Waals surface area contributed by atoms with E-state index in [4.69, 9.17) is 4.74 Å². The maximum Gasteiger partial charge on any atom is 0.414 e. The van der Waals surface area contributed by atoms with Crippen LogP contribution in [0.3, 0.4) is 0 Å². The van der Waals surface area contributed by atoms with Crippen LogP contribution in [0.2, 0.25) is 0 Å². The molecule has 1 N–H and O–H groups in total. The molecule has 0 aliphatic heterocycles. The highest BCUT2D eigenvalue weighted by Gasteiger charge is 2.12. The van der Waals surface area contributed by atoms with Crippen molar-refractivity contribution in [2.75, 3.05) is 14.1 Å². The average Bonchev–Trinajstić information content (AvgIpc) is 2.21. The zero-order valence-electron chi connectivity index (χ0n) is 8.43. The standard InChI is InChI=1S/C10H11NO4/c1-11(2)10(14)15-8-5-3-4-7(6-12)9(8)13/h3-6,13H,1-2H3. The second-order valence-corrected chi connectivity index (χ2v) is 3.07. The van der Waals surface area contributed by atoms with E-state index in [-0.39, 0.29) is 17.1 Å². The summed E-state index contributed by atoms with van der Waals surface area (Å²) in [6, 6.07) is 4.35. The Morgan fingerprint density at radius 3 is 2.67 bits per heavy atom. The molecule has 0 aromatic heterocycles. The highest BCUT2D eigenvalue weighted by Crippen LogP contribution is 2.28. The van der Waals surface area contributed by atoms with Crippen molar-refractivity contribution in [3.63, 3.8) is 0 Å². The van der Waals surface area contributed by atoms with Gasteiger partial charge in [-0.2, -0.15) is 0 Å². The minimum atomic E-state index is -0.617. The summed E-state index contributed by atoms with van der Waals surface area (Å²) in [6.07, 6.45) is -0.129. The molecule has 1 amide bonds. The van der Waals surface area contributed by atoms with Crippen molar-refractivity contribution in [3.05, 3.63) is 23.8 Å². The predicted octanol–water partition coefficient (Wildman–Crippen LogP) is 1.27. The van der Waals surface area contributed by atoms with E-state index in [9.17, 15) is 14.7 Å². The number of ether oxygens (including phenoxy) is 1. The Hall–Kier alpha value is -2.04. The molecule has 80 valence electrons.